The van der Waals surface area contributed by atoms with Crippen molar-refractivity contribution >= 4 is 34.7 Å². The van der Waals surface area contributed by atoms with Gasteiger partial charge < -0.3 is 10.7 Å². The van der Waals surface area contributed by atoms with Crippen LogP contribution in [0.1, 0.15) is 27.9 Å². The quantitative estimate of drug-likeness (QED) is 0.586. The molecule has 5 nitrogen and oxygen atoms in total. The molecule has 0 spiro atoms. The molecule has 0 saturated heterocycles. The number of thiophene rings is 1. The Labute approximate surface area is 126 Å². The minimum Gasteiger partial charge on any atom is -0.346 e. The van der Waals surface area contributed by atoms with Crippen molar-refractivity contribution in [3.05, 3.63) is 44.7 Å². The van der Waals surface area contributed by atoms with E-state index in [1.54, 1.807) is 23.5 Å². The summed E-state index contributed by atoms with van der Waals surface area (Å²) in [6, 6.07) is 5.26. The topological polar surface area (TPSA) is 80.0 Å². The van der Waals surface area contributed by atoms with Gasteiger partial charge in [-0.05, 0) is 35.6 Å². The number of nitrogens with zero attached hydrogens (tertiary/aromatic N) is 1. The molecule has 2 rings (SSSR count). The largest absolute Gasteiger partial charge is 0.346 e. The van der Waals surface area contributed by atoms with Crippen LogP contribution in [0.25, 0.3) is 0 Å². The SMILES string of the molecule is CCc1ccsc1CNC(=O)c1nc(NN)ccc1Cl. The van der Waals surface area contributed by atoms with Crippen LogP contribution in [0.4, 0.5) is 5.82 Å². The molecule has 0 radical (unpaired) electrons. The summed E-state index contributed by atoms with van der Waals surface area (Å²) in [5.74, 6) is 5.35. The number of nitrogen functional groups attached to an aromatic ring is 1. The smallest absolute Gasteiger partial charge is 0.271 e. The zero-order valence-corrected chi connectivity index (χ0v) is 12.5. The zero-order valence-electron chi connectivity index (χ0n) is 10.9. The van der Waals surface area contributed by atoms with E-state index in [2.05, 4.69) is 28.7 Å². The Balaban J connectivity index is 2.09. The van der Waals surface area contributed by atoms with Gasteiger partial charge in [0.05, 0.1) is 11.6 Å². The predicted octanol–water partition coefficient (Wildman–Crippen LogP) is 2.57. The second-order valence-corrected chi connectivity index (χ2v) is 5.48. The molecule has 1 amide bonds. The summed E-state index contributed by atoms with van der Waals surface area (Å²) >= 11 is 7.60. The minimum absolute atomic E-state index is 0.164. The molecule has 0 saturated carbocycles. The van der Waals surface area contributed by atoms with Crippen LogP contribution in [0.5, 0.6) is 0 Å². The van der Waals surface area contributed by atoms with E-state index in [1.807, 2.05) is 5.38 Å². The molecule has 2 aromatic heterocycles. The number of hydrogen-bond acceptors (Lipinski definition) is 5. The van der Waals surface area contributed by atoms with Gasteiger partial charge in [0, 0.05) is 4.88 Å². The van der Waals surface area contributed by atoms with Crippen LogP contribution < -0.4 is 16.6 Å². The molecule has 0 atom stereocenters. The highest BCUT2D eigenvalue weighted by Gasteiger charge is 2.13. The van der Waals surface area contributed by atoms with Crippen LogP contribution in [-0.4, -0.2) is 10.9 Å². The first-order valence-corrected chi connectivity index (χ1v) is 7.38. The zero-order chi connectivity index (χ0) is 14.5. The lowest BCUT2D eigenvalue weighted by Crippen LogP contribution is -2.24. The number of anilines is 1. The van der Waals surface area contributed by atoms with Crippen LogP contribution >= 0.6 is 22.9 Å². The third-order valence-electron chi connectivity index (χ3n) is 2.84. The Bertz CT molecular complexity index is 614. The van der Waals surface area contributed by atoms with Crippen LogP contribution in [0.3, 0.4) is 0 Å². The first-order chi connectivity index (χ1) is 9.65. The predicted molar refractivity (Wildman–Crippen MR) is 81.9 cm³/mol. The van der Waals surface area contributed by atoms with Crippen LogP contribution in [-0.2, 0) is 13.0 Å². The maximum absolute atomic E-state index is 12.1. The Hall–Kier alpha value is -1.63. The molecule has 4 N–H and O–H groups in total. The highest BCUT2D eigenvalue weighted by molar-refractivity contribution is 7.10. The summed E-state index contributed by atoms with van der Waals surface area (Å²) in [5, 5.41) is 5.14. The van der Waals surface area contributed by atoms with Gasteiger partial charge in [0.15, 0.2) is 0 Å². The fourth-order valence-corrected chi connectivity index (χ4v) is 2.87. The lowest BCUT2D eigenvalue weighted by atomic mass is 10.2. The third-order valence-corrected chi connectivity index (χ3v) is 4.11. The van der Waals surface area contributed by atoms with E-state index in [0.29, 0.717) is 17.4 Å². The van der Waals surface area contributed by atoms with Crippen molar-refractivity contribution in [2.75, 3.05) is 5.43 Å². The Kier molecular flexibility index (Phi) is 4.94. The summed E-state index contributed by atoms with van der Waals surface area (Å²) in [5.41, 5.74) is 3.80. The average molecular weight is 311 g/mol. The molecule has 0 fully saturated rings. The number of aromatic nitrogens is 1. The standard InChI is InChI=1S/C13H15ClN4OS/c1-2-8-5-6-20-10(8)7-16-13(19)12-9(14)3-4-11(17-12)18-15/h3-6H,2,7,15H2,1H3,(H,16,19)(H,17,18). The van der Waals surface area contributed by atoms with E-state index in [1.165, 1.54) is 5.56 Å². The maximum Gasteiger partial charge on any atom is 0.271 e. The first kappa shape index (κ1) is 14.8. The number of carbonyl (C=O) groups excluding carboxylic acids is 1. The van der Waals surface area contributed by atoms with Crippen LogP contribution in [0.2, 0.25) is 5.02 Å². The second kappa shape index (κ2) is 6.69. The third kappa shape index (κ3) is 3.27. The first-order valence-electron chi connectivity index (χ1n) is 6.12. The van der Waals surface area contributed by atoms with E-state index >= 15 is 0 Å². The molecule has 0 unspecified atom stereocenters. The molecule has 0 aliphatic carbocycles. The number of hydrazine groups is 1. The monoisotopic (exact) mass is 310 g/mol. The van der Waals surface area contributed by atoms with Gasteiger partial charge in [0.1, 0.15) is 11.5 Å². The molecule has 0 bridgehead atoms. The van der Waals surface area contributed by atoms with Gasteiger partial charge in [0.2, 0.25) is 0 Å². The van der Waals surface area contributed by atoms with Gasteiger partial charge in [-0.3, -0.25) is 4.79 Å². The Morgan fingerprint density at radius 2 is 2.25 bits per heavy atom. The van der Waals surface area contributed by atoms with E-state index < -0.39 is 0 Å². The lowest BCUT2D eigenvalue weighted by molar-refractivity contribution is 0.0946. The summed E-state index contributed by atoms with van der Waals surface area (Å²) < 4.78 is 0. The number of nitrogens with two attached hydrogens (primary N) is 1. The van der Waals surface area contributed by atoms with Gasteiger partial charge in [-0.2, -0.15) is 0 Å². The van der Waals surface area contributed by atoms with E-state index in [0.717, 1.165) is 11.3 Å². The number of hydrogen-bond donors (Lipinski definition) is 3. The number of amides is 1. The second-order valence-electron chi connectivity index (χ2n) is 4.08. The summed E-state index contributed by atoms with van der Waals surface area (Å²) in [6.07, 6.45) is 0.945. The number of halogens is 1. The lowest BCUT2D eigenvalue weighted by Gasteiger charge is -2.08. The number of carbonyl (C=O) groups is 1. The number of rotatable bonds is 5. The molecule has 20 heavy (non-hydrogen) atoms. The molecular formula is C13H15ClN4OS. The molecule has 0 aromatic carbocycles. The van der Waals surface area contributed by atoms with Crippen molar-refractivity contribution in [3.8, 4) is 0 Å². The summed E-state index contributed by atoms with van der Waals surface area (Å²) in [4.78, 5) is 17.3. The summed E-state index contributed by atoms with van der Waals surface area (Å²) in [6.45, 7) is 2.56. The minimum atomic E-state index is -0.317. The number of pyridine rings is 1. The molecule has 7 heteroatoms. The normalized spacial score (nSPS) is 10.3. The summed E-state index contributed by atoms with van der Waals surface area (Å²) in [7, 11) is 0. The van der Waals surface area contributed by atoms with Crippen molar-refractivity contribution in [2.45, 2.75) is 19.9 Å². The van der Waals surface area contributed by atoms with Crippen molar-refractivity contribution in [1.82, 2.24) is 10.3 Å². The van der Waals surface area contributed by atoms with Crippen molar-refractivity contribution < 1.29 is 4.79 Å². The number of nitrogens with one attached hydrogen (secondary N) is 2. The van der Waals surface area contributed by atoms with Crippen LogP contribution in [0, 0.1) is 0 Å². The van der Waals surface area contributed by atoms with Gasteiger partial charge in [-0.25, -0.2) is 10.8 Å². The highest BCUT2D eigenvalue weighted by Crippen LogP contribution is 2.19. The molecule has 106 valence electrons. The fourth-order valence-electron chi connectivity index (χ4n) is 1.76. The van der Waals surface area contributed by atoms with Gasteiger partial charge in [-0.1, -0.05) is 18.5 Å². The average Bonchev–Trinajstić information content (AvgIpc) is 2.92. The van der Waals surface area contributed by atoms with Crippen molar-refractivity contribution in [1.29, 1.82) is 0 Å². The van der Waals surface area contributed by atoms with E-state index in [4.69, 9.17) is 17.4 Å². The van der Waals surface area contributed by atoms with Gasteiger partial charge >= 0.3 is 0 Å². The highest BCUT2D eigenvalue weighted by atomic mass is 35.5. The van der Waals surface area contributed by atoms with Crippen LogP contribution in [0.15, 0.2) is 23.6 Å². The molecule has 2 aromatic rings. The van der Waals surface area contributed by atoms with Crippen molar-refractivity contribution in [2.24, 2.45) is 5.84 Å². The molecule has 2 heterocycles. The van der Waals surface area contributed by atoms with Gasteiger partial charge in [-0.15, -0.1) is 11.3 Å². The Morgan fingerprint density at radius 1 is 1.45 bits per heavy atom. The van der Waals surface area contributed by atoms with Gasteiger partial charge in [0.25, 0.3) is 5.91 Å². The maximum atomic E-state index is 12.1. The van der Waals surface area contributed by atoms with E-state index in [-0.39, 0.29) is 11.6 Å². The fraction of sp³-hybridized carbons (Fsp3) is 0.231. The number of aryl methyl sites for hydroxylation is 1. The molecular weight excluding hydrogens is 296 g/mol. The molecule has 0 aliphatic rings. The van der Waals surface area contributed by atoms with Crippen molar-refractivity contribution in [3.63, 3.8) is 0 Å². The Morgan fingerprint density at radius 3 is 2.95 bits per heavy atom. The molecule has 0 aliphatic heterocycles. The van der Waals surface area contributed by atoms with E-state index in [9.17, 15) is 4.79 Å².